The van der Waals surface area contributed by atoms with Crippen LogP contribution in [-0.4, -0.2) is 5.16 Å². The summed E-state index contributed by atoms with van der Waals surface area (Å²) in [5, 5.41) is 0.569. The summed E-state index contributed by atoms with van der Waals surface area (Å²) in [6.07, 6.45) is 13.9. The van der Waals surface area contributed by atoms with E-state index in [9.17, 15) is 0 Å². The highest BCUT2D eigenvalue weighted by molar-refractivity contribution is 7.19. The molecule has 0 aromatic carbocycles. The van der Waals surface area contributed by atoms with Gasteiger partial charge in [0.15, 0.2) is 0 Å². The molecule has 0 spiro atoms. The summed E-state index contributed by atoms with van der Waals surface area (Å²) in [4.78, 5) is 0. The van der Waals surface area contributed by atoms with E-state index >= 15 is 0 Å². The topological polar surface area (TPSA) is 0 Å². The van der Waals surface area contributed by atoms with E-state index in [1.165, 1.54) is 64.2 Å². The maximum Gasteiger partial charge on any atom is -0.0150 e. The predicted octanol–water partition coefficient (Wildman–Crippen LogP) is 5.56. The Kier molecular flexibility index (Phi) is 9.92. The summed E-state index contributed by atoms with van der Waals surface area (Å²) >= 11 is 0. The highest BCUT2D eigenvalue weighted by atomic mass is 31.0. The molecule has 0 fully saturated rings. The number of hydrogen-bond donors (Lipinski definition) is 0. The molecule has 0 radical (unpaired) electrons. The molecule has 92 valence electrons. The molecule has 1 unspecified atom stereocenters. The lowest BCUT2D eigenvalue weighted by Crippen LogP contribution is -2.20. The zero-order chi connectivity index (χ0) is 11.6. The Balaban J connectivity index is 3.83. The van der Waals surface area contributed by atoms with Gasteiger partial charge in [0.05, 0.1) is 0 Å². The van der Waals surface area contributed by atoms with Crippen LogP contribution in [0.25, 0.3) is 0 Å². The quantitative estimate of drug-likeness (QED) is 0.340. The van der Waals surface area contributed by atoms with Gasteiger partial charge in [-0.3, -0.25) is 0 Å². The Bertz CT molecular complexity index is 121. The summed E-state index contributed by atoms with van der Waals surface area (Å²) in [6, 6.07) is 0. The summed E-state index contributed by atoms with van der Waals surface area (Å²) in [5.74, 6) is 0. The third-order valence-corrected chi connectivity index (χ3v) is 4.17. The number of rotatable bonds is 10. The maximum absolute atomic E-state index is 3.18. The lowest BCUT2D eigenvalue weighted by Gasteiger charge is -2.29. The Morgan fingerprint density at radius 1 is 0.667 bits per heavy atom. The molecule has 15 heavy (non-hydrogen) atoms. The van der Waals surface area contributed by atoms with Crippen LogP contribution in [0.3, 0.4) is 0 Å². The second-order valence-electron chi connectivity index (χ2n) is 5.03. The van der Waals surface area contributed by atoms with Crippen LogP contribution in [0.15, 0.2) is 0 Å². The van der Waals surface area contributed by atoms with Gasteiger partial charge < -0.3 is 0 Å². The van der Waals surface area contributed by atoms with Crippen molar-refractivity contribution in [1.82, 2.24) is 0 Å². The van der Waals surface area contributed by atoms with Crippen LogP contribution < -0.4 is 0 Å². The van der Waals surface area contributed by atoms with E-state index in [-0.39, 0.29) is 0 Å². The Morgan fingerprint density at radius 3 is 1.47 bits per heavy atom. The third kappa shape index (κ3) is 8.26. The zero-order valence-corrected chi connectivity index (χ0v) is 12.3. The Hall–Kier alpha value is 0.430. The van der Waals surface area contributed by atoms with Crippen molar-refractivity contribution >= 4 is 9.24 Å². The lowest BCUT2D eigenvalue weighted by atomic mass is 9.90. The van der Waals surface area contributed by atoms with Gasteiger partial charge in [0.25, 0.3) is 0 Å². The van der Waals surface area contributed by atoms with Crippen LogP contribution in [0.4, 0.5) is 0 Å². The average Bonchev–Trinajstić information content (AvgIpc) is 2.19. The molecule has 0 aliphatic heterocycles. The van der Waals surface area contributed by atoms with Crippen molar-refractivity contribution in [1.29, 1.82) is 0 Å². The molecule has 0 bridgehead atoms. The van der Waals surface area contributed by atoms with Crippen molar-refractivity contribution in [2.45, 2.75) is 90.1 Å². The van der Waals surface area contributed by atoms with E-state index in [0.717, 1.165) is 0 Å². The third-order valence-electron chi connectivity index (χ3n) is 3.30. The molecule has 0 nitrogen and oxygen atoms in total. The molecule has 0 heterocycles. The van der Waals surface area contributed by atoms with Gasteiger partial charge in [0.2, 0.25) is 0 Å². The van der Waals surface area contributed by atoms with Crippen molar-refractivity contribution in [3.8, 4) is 0 Å². The van der Waals surface area contributed by atoms with Gasteiger partial charge in [-0.15, -0.1) is 9.24 Å². The fraction of sp³-hybridized carbons (Fsp3) is 1.00. The van der Waals surface area contributed by atoms with E-state index in [0.29, 0.717) is 5.16 Å². The minimum Gasteiger partial charge on any atom is -0.131 e. The van der Waals surface area contributed by atoms with Crippen LogP contribution in [0.2, 0.25) is 0 Å². The molecular weight excluding hydrogens is 199 g/mol. The largest absolute Gasteiger partial charge is 0.131 e. The standard InChI is InChI=1S/C14H31P/c1-4-7-9-12-14(15,11-6-3)13-10-8-5-2/h4-13,15H2,1-3H3. The fourth-order valence-electron chi connectivity index (χ4n) is 2.33. The molecule has 0 amide bonds. The molecule has 0 aliphatic carbocycles. The van der Waals surface area contributed by atoms with E-state index in [1.807, 2.05) is 0 Å². The highest BCUT2D eigenvalue weighted by Crippen LogP contribution is 2.36. The van der Waals surface area contributed by atoms with Gasteiger partial charge in [-0.25, -0.2) is 0 Å². The van der Waals surface area contributed by atoms with E-state index < -0.39 is 0 Å². The molecule has 0 aliphatic rings. The molecule has 1 heteroatoms. The zero-order valence-electron chi connectivity index (χ0n) is 11.1. The van der Waals surface area contributed by atoms with Gasteiger partial charge in [-0.1, -0.05) is 65.7 Å². The Labute approximate surface area is 99.8 Å². The summed E-state index contributed by atoms with van der Waals surface area (Å²) in [5.41, 5.74) is 0. The smallest absolute Gasteiger partial charge is 0.0150 e. The summed E-state index contributed by atoms with van der Waals surface area (Å²) in [7, 11) is 3.18. The maximum atomic E-state index is 3.18. The van der Waals surface area contributed by atoms with Gasteiger partial charge in [0.1, 0.15) is 0 Å². The van der Waals surface area contributed by atoms with E-state index in [4.69, 9.17) is 0 Å². The molecule has 0 aromatic heterocycles. The van der Waals surface area contributed by atoms with Crippen molar-refractivity contribution in [2.75, 3.05) is 0 Å². The molecule has 0 N–H and O–H groups in total. The SMILES string of the molecule is CCCCCC(P)(CCC)CCCCC. The molecule has 0 saturated carbocycles. The molecular formula is C14H31P. The minimum atomic E-state index is 0.569. The summed E-state index contributed by atoms with van der Waals surface area (Å²) in [6.45, 7) is 6.90. The molecule has 0 aromatic rings. The first-order valence-electron chi connectivity index (χ1n) is 6.97. The van der Waals surface area contributed by atoms with Crippen molar-refractivity contribution in [3.05, 3.63) is 0 Å². The Morgan fingerprint density at radius 2 is 1.13 bits per heavy atom. The van der Waals surface area contributed by atoms with Crippen molar-refractivity contribution < 1.29 is 0 Å². The normalized spacial score (nSPS) is 12.0. The second kappa shape index (κ2) is 9.64. The second-order valence-corrected chi connectivity index (χ2v) is 6.25. The van der Waals surface area contributed by atoms with Crippen molar-refractivity contribution in [3.63, 3.8) is 0 Å². The fourth-order valence-corrected chi connectivity index (χ4v) is 3.02. The van der Waals surface area contributed by atoms with E-state index in [2.05, 4.69) is 30.0 Å². The lowest BCUT2D eigenvalue weighted by molar-refractivity contribution is 0.424. The monoisotopic (exact) mass is 230 g/mol. The average molecular weight is 230 g/mol. The molecule has 0 saturated heterocycles. The first-order chi connectivity index (χ1) is 7.18. The van der Waals surface area contributed by atoms with Gasteiger partial charge in [0, 0.05) is 0 Å². The van der Waals surface area contributed by atoms with Crippen molar-refractivity contribution in [2.24, 2.45) is 0 Å². The van der Waals surface area contributed by atoms with Crippen LogP contribution in [-0.2, 0) is 0 Å². The molecule has 1 atom stereocenters. The minimum absolute atomic E-state index is 0.569. The van der Waals surface area contributed by atoms with Gasteiger partial charge in [-0.05, 0) is 24.4 Å². The highest BCUT2D eigenvalue weighted by Gasteiger charge is 2.21. The van der Waals surface area contributed by atoms with Crippen LogP contribution in [0.5, 0.6) is 0 Å². The number of hydrogen-bond acceptors (Lipinski definition) is 0. The van der Waals surface area contributed by atoms with Crippen LogP contribution in [0, 0.1) is 0 Å². The summed E-state index contributed by atoms with van der Waals surface area (Å²) < 4.78 is 0. The van der Waals surface area contributed by atoms with Gasteiger partial charge in [-0.2, -0.15) is 0 Å². The van der Waals surface area contributed by atoms with Crippen LogP contribution in [0.1, 0.15) is 85.0 Å². The molecule has 0 rings (SSSR count). The predicted molar refractivity (Wildman–Crippen MR) is 75.6 cm³/mol. The van der Waals surface area contributed by atoms with Crippen LogP contribution >= 0.6 is 9.24 Å². The van der Waals surface area contributed by atoms with E-state index in [1.54, 1.807) is 0 Å². The number of unbranched alkanes of at least 4 members (excludes halogenated alkanes) is 4. The first-order valence-corrected chi connectivity index (χ1v) is 7.55. The first kappa shape index (κ1) is 15.4. The van der Waals surface area contributed by atoms with Gasteiger partial charge >= 0.3 is 0 Å².